The first-order chi connectivity index (χ1) is 7.50. The van der Waals surface area contributed by atoms with Crippen LogP contribution in [0.1, 0.15) is 0 Å². The maximum absolute atomic E-state index is 10.5. The number of hydrogen-bond acceptors (Lipinski definition) is 5. The van der Waals surface area contributed by atoms with Crippen LogP contribution in [0.3, 0.4) is 0 Å². The van der Waals surface area contributed by atoms with Crippen LogP contribution in [0.5, 0.6) is 0 Å². The van der Waals surface area contributed by atoms with Crippen LogP contribution in [0.2, 0.25) is 0 Å². The Morgan fingerprint density at radius 2 is 1.94 bits per heavy atom. The molecular formula is C9H9N3O4. The van der Waals surface area contributed by atoms with Gasteiger partial charge in [0, 0.05) is 6.20 Å². The number of carboxylic acid groups (broad SMARTS) is 2. The highest BCUT2D eigenvalue weighted by molar-refractivity contribution is 6.12. The summed E-state index contributed by atoms with van der Waals surface area (Å²) in [6.45, 7) is 0. The van der Waals surface area contributed by atoms with Gasteiger partial charge in [0.05, 0.1) is 0 Å². The van der Waals surface area contributed by atoms with Crippen LogP contribution in [0.25, 0.3) is 0 Å². The maximum Gasteiger partial charge on any atom is 0.344 e. The van der Waals surface area contributed by atoms with Crippen molar-refractivity contribution < 1.29 is 19.8 Å². The summed E-state index contributed by atoms with van der Waals surface area (Å²) in [6, 6.07) is 4.66. The van der Waals surface area contributed by atoms with Gasteiger partial charge in [0.15, 0.2) is 5.57 Å². The number of nitrogens with zero attached hydrogens (tertiary/aromatic N) is 1. The minimum Gasteiger partial charge on any atom is -0.477 e. The Kier molecular flexibility index (Phi) is 3.44. The SMILES string of the molecule is Nc1cccc(NC=C(C(=O)O)C(=O)O)n1. The molecule has 7 heteroatoms. The van der Waals surface area contributed by atoms with Crippen molar-refractivity contribution in [2.75, 3.05) is 11.1 Å². The van der Waals surface area contributed by atoms with Gasteiger partial charge in [-0.25, -0.2) is 14.6 Å². The topological polar surface area (TPSA) is 126 Å². The van der Waals surface area contributed by atoms with Gasteiger partial charge in [-0.1, -0.05) is 6.07 Å². The van der Waals surface area contributed by atoms with E-state index in [-0.39, 0.29) is 11.6 Å². The number of rotatable bonds is 4. The lowest BCUT2D eigenvalue weighted by Gasteiger charge is -2.01. The number of carbonyl (C=O) groups is 2. The van der Waals surface area contributed by atoms with E-state index < -0.39 is 17.5 Å². The third-order valence-corrected chi connectivity index (χ3v) is 1.60. The molecule has 0 saturated heterocycles. The molecule has 16 heavy (non-hydrogen) atoms. The molecular weight excluding hydrogens is 214 g/mol. The van der Waals surface area contributed by atoms with Crippen molar-refractivity contribution >= 4 is 23.6 Å². The molecule has 7 nitrogen and oxygen atoms in total. The Labute approximate surface area is 90.2 Å². The van der Waals surface area contributed by atoms with Crippen molar-refractivity contribution in [1.29, 1.82) is 0 Å². The van der Waals surface area contributed by atoms with E-state index in [1.807, 2.05) is 0 Å². The summed E-state index contributed by atoms with van der Waals surface area (Å²) >= 11 is 0. The molecule has 0 atom stereocenters. The fourth-order valence-corrected chi connectivity index (χ4v) is 0.893. The standard InChI is InChI=1S/C9H9N3O4/c10-6-2-1-3-7(12-6)11-4-5(8(13)14)9(15)16/h1-4H,(H,13,14)(H,15,16)(H3,10,11,12). The molecule has 0 amide bonds. The molecule has 0 aliphatic carbocycles. The second kappa shape index (κ2) is 4.78. The zero-order chi connectivity index (χ0) is 12.1. The lowest BCUT2D eigenvalue weighted by Crippen LogP contribution is -2.13. The van der Waals surface area contributed by atoms with E-state index in [2.05, 4.69) is 10.3 Å². The van der Waals surface area contributed by atoms with Crippen molar-refractivity contribution in [1.82, 2.24) is 4.98 Å². The molecule has 0 bridgehead atoms. The highest BCUT2D eigenvalue weighted by Crippen LogP contribution is 2.06. The van der Waals surface area contributed by atoms with Gasteiger partial charge in [-0.15, -0.1) is 0 Å². The van der Waals surface area contributed by atoms with Gasteiger partial charge in [0.2, 0.25) is 0 Å². The molecule has 0 fully saturated rings. The van der Waals surface area contributed by atoms with Crippen molar-refractivity contribution in [3.05, 3.63) is 30.0 Å². The average Bonchev–Trinajstić information content (AvgIpc) is 2.16. The monoisotopic (exact) mass is 223 g/mol. The quantitative estimate of drug-likeness (QED) is 0.324. The number of nitrogen functional groups attached to an aromatic ring is 1. The normalized spacial score (nSPS) is 9.25. The predicted octanol–water partition coefficient (Wildman–Crippen LogP) is 0.129. The maximum atomic E-state index is 10.5. The lowest BCUT2D eigenvalue weighted by molar-refractivity contribution is -0.140. The van der Waals surface area contributed by atoms with Crippen LogP contribution in [0.15, 0.2) is 30.0 Å². The van der Waals surface area contributed by atoms with Gasteiger partial charge in [0.25, 0.3) is 0 Å². The fourth-order valence-electron chi connectivity index (χ4n) is 0.893. The highest BCUT2D eigenvalue weighted by Gasteiger charge is 2.15. The zero-order valence-corrected chi connectivity index (χ0v) is 8.04. The molecule has 0 aromatic carbocycles. The van der Waals surface area contributed by atoms with E-state index in [0.717, 1.165) is 6.20 Å². The molecule has 84 valence electrons. The van der Waals surface area contributed by atoms with Crippen LogP contribution in [-0.4, -0.2) is 27.1 Å². The van der Waals surface area contributed by atoms with Gasteiger partial charge >= 0.3 is 11.9 Å². The summed E-state index contributed by atoms with van der Waals surface area (Å²) in [4.78, 5) is 24.8. The van der Waals surface area contributed by atoms with Crippen LogP contribution >= 0.6 is 0 Å². The Hall–Kier alpha value is -2.57. The minimum absolute atomic E-state index is 0.241. The van der Waals surface area contributed by atoms with Crippen molar-refractivity contribution in [3.63, 3.8) is 0 Å². The molecule has 1 aromatic heterocycles. The number of pyridine rings is 1. The van der Waals surface area contributed by atoms with Gasteiger partial charge < -0.3 is 21.3 Å². The van der Waals surface area contributed by atoms with E-state index in [1.165, 1.54) is 6.07 Å². The number of hydrogen-bond donors (Lipinski definition) is 4. The van der Waals surface area contributed by atoms with Gasteiger partial charge in [-0.2, -0.15) is 0 Å². The first kappa shape index (κ1) is 11.5. The van der Waals surface area contributed by atoms with Crippen molar-refractivity contribution in [2.24, 2.45) is 0 Å². The van der Waals surface area contributed by atoms with E-state index >= 15 is 0 Å². The van der Waals surface area contributed by atoms with E-state index in [4.69, 9.17) is 15.9 Å². The smallest absolute Gasteiger partial charge is 0.344 e. The van der Waals surface area contributed by atoms with E-state index in [0.29, 0.717) is 0 Å². The van der Waals surface area contributed by atoms with Crippen LogP contribution in [0, 0.1) is 0 Å². The molecule has 0 radical (unpaired) electrons. The zero-order valence-electron chi connectivity index (χ0n) is 8.04. The molecule has 0 aliphatic rings. The van der Waals surface area contributed by atoms with Crippen molar-refractivity contribution in [3.8, 4) is 0 Å². The molecule has 0 unspecified atom stereocenters. The number of carboxylic acids is 2. The number of nitrogens with one attached hydrogen (secondary N) is 1. The van der Waals surface area contributed by atoms with Crippen LogP contribution in [0.4, 0.5) is 11.6 Å². The number of anilines is 2. The second-order valence-electron chi connectivity index (χ2n) is 2.76. The summed E-state index contributed by atoms with van der Waals surface area (Å²) in [5.41, 5.74) is 4.59. The Balaban J connectivity index is 2.85. The number of nitrogens with two attached hydrogens (primary N) is 1. The first-order valence-corrected chi connectivity index (χ1v) is 4.16. The third-order valence-electron chi connectivity index (χ3n) is 1.60. The molecule has 0 saturated carbocycles. The van der Waals surface area contributed by atoms with E-state index in [9.17, 15) is 9.59 Å². The summed E-state index contributed by atoms with van der Waals surface area (Å²) in [6.07, 6.45) is 0.840. The Bertz CT molecular complexity index is 440. The summed E-state index contributed by atoms with van der Waals surface area (Å²) in [5, 5.41) is 19.5. The van der Waals surface area contributed by atoms with Gasteiger partial charge in [-0.3, -0.25) is 0 Å². The van der Waals surface area contributed by atoms with Gasteiger partial charge in [-0.05, 0) is 12.1 Å². The van der Waals surface area contributed by atoms with Crippen molar-refractivity contribution in [2.45, 2.75) is 0 Å². The second-order valence-corrected chi connectivity index (χ2v) is 2.76. The van der Waals surface area contributed by atoms with E-state index in [1.54, 1.807) is 12.1 Å². The molecule has 5 N–H and O–H groups in total. The predicted molar refractivity (Wildman–Crippen MR) is 55.6 cm³/mol. The highest BCUT2D eigenvalue weighted by atomic mass is 16.4. The molecule has 1 aromatic rings. The fraction of sp³-hybridized carbons (Fsp3) is 0. The first-order valence-electron chi connectivity index (χ1n) is 4.16. The van der Waals surface area contributed by atoms with Gasteiger partial charge in [0.1, 0.15) is 11.6 Å². The van der Waals surface area contributed by atoms with Crippen LogP contribution < -0.4 is 11.1 Å². The van der Waals surface area contributed by atoms with Crippen LogP contribution in [-0.2, 0) is 9.59 Å². The minimum atomic E-state index is -1.54. The summed E-state index contributed by atoms with van der Waals surface area (Å²) < 4.78 is 0. The molecule has 0 aliphatic heterocycles. The molecule has 0 spiro atoms. The number of aliphatic carboxylic acids is 2. The Morgan fingerprint density at radius 1 is 1.31 bits per heavy atom. The number of aromatic nitrogens is 1. The Morgan fingerprint density at radius 3 is 2.44 bits per heavy atom. The summed E-state index contributed by atoms with van der Waals surface area (Å²) in [5.74, 6) is -2.57. The lowest BCUT2D eigenvalue weighted by atomic mass is 10.3. The average molecular weight is 223 g/mol. The largest absolute Gasteiger partial charge is 0.477 e. The summed E-state index contributed by atoms with van der Waals surface area (Å²) in [7, 11) is 0. The third kappa shape index (κ3) is 2.98. The molecule has 1 rings (SSSR count). The molecule has 1 heterocycles.